The second kappa shape index (κ2) is 7.40. The summed E-state index contributed by atoms with van der Waals surface area (Å²) in [5.74, 6) is 1.20. The van der Waals surface area contributed by atoms with E-state index in [1.165, 1.54) is 11.1 Å². The van der Waals surface area contributed by atoms with Crippen molar-refractivity contribution in [1.82, 2.24) is 14.9 Å². The van der Waals surface area contributed by atoms with Crippen molar-refractivity contribution in [3.05, 3.63) is 57.0 Å². The van der Waals surface area contributed by atoms with Crippen molar-refractivity contribution >= 4 is 5.95 Å². The summed E-state index contributed by atoms with van der Waals surface area (Å²) in [5, 5.41) is 0. The topological polar surface area (TPSA) is 52.2 Å². The highest BCUT2D eigenvalue weighted by atomic mass is 16.1. The molecule has 25 heavy (non-hydrogen) atoms. The minimum atomic E-state index is 0.0110. The van der Waals surface area contributed by atoms with Crippen LogP contribution >= 0.6 is 0 Å². The van der Waals surface area contributed by atoms with Gasteiger partial charge in [-0.25, -0.2) is 4.98 Å². The first kappa shape index (κ1) is 17.7. The number of anilines is 1. The second-order valence-corrected chi connectivity index (χ2v) is 7.38. The van der Waals surface area contributed by atoms with Gasteiger partial charge in [0, 0.05) is 45.7 Å². The zero-order valence-electron chi connectivity index (χ0n) is 15.7. The van der Waals surface area contributed by atoms with Gasteiger partial charge in [0.05, 0.1) is 5.69 Å². The molecule has 2 aromatic rings. The van der Waals surface area contributed by atoms with E-state index in [2.05, 4.69) is 53.0 Å². The van der Waals surface area contributed by atoms with Crippen molar-refractivity contribution in [3.8, 4) is 0 Å². The molecule has 0 atom stereocenters. The van der Waals surface area contributed by atoms with E-state index in [-0.39, 0.29) is 5.56 Å². The fraction of sp³-hybridized carbons (Fsp3) is 0.500. The smallest absolute Gasteiger partial charge is 0.255 e. The Kier molecular flexibility index (Phi) is 5.23. The van der Waals surface area contributed by atoms with Crippen LogP contribution in [0.25, 0.3) is 0 Å². The maximum Gasteiger partial charge on any atom is 0.255 e. The predicted octanol–water partition coefficient (Wildman–Crippen LogP) is 2.56. The summed E-state index contributed by atoms with van der Waals surface area (Å²) in [6.45, 7) is 7.18. The largest absolute Gasteiger partial charge is 0.348 e. The van der Waals surface area contributed by atoms with Crippen LogP contribution in [-0.4, -0.2) is 42.1 Å². The number of hydrogen-bond acceptors (Lipinski definition) is 4. The van der Waals surface area contributed by atoms with E-state index in [1.807, 2.05) is 19.0 Å². The molecule has 0 fully saturated rings. The first-order valence-electron chi connectivity index (χ1n) is 9.04. The molecule has 0 bridgehead atoms. The van der Waals surface area contributed by atoms with Crippen LogP contribution in [-0.2, 0) is 19.4 Å². The monoisotopic (exact) mass is 340 g/mol. The number of nitrogens with zero attached hydrogens (tertiary/aromatic N) is 3. The van der Waals surface area contributed by atoms with Crippen LogP contribution < -0.4 is 10.5 Å². The van der Waals surface area contributed by atoms with Gasteiger partial charge in [0.25, 0.3) is 5.56 Å². The molecule has 3 rings (SSSR count). The number of nitrogens with one attached hydrogen (secondary N) is 1. The Balaban J connectivity index is 1.71. The van der Waals surface area contributed by atoms with E-state index in [1.54, 1.807) is 0 Å². The van der Waals surface area contributed by atoms with Crippen molar-refractivity contribution in [2.45, 2.75) is 39.2 Å². The van der Waals surface area contributed by atoms with Crippen molar-refractivity contribution in [3.63, 3.8) is 0 Å². The van der Waals surface area contributed by atoms with Gasteiger partial charge in [-0.1, -0.05) is 38.1 Å². The van der Waals surface area contributed by atoms with Crippen LogP contribution in [0.5, 0.6) is 0 Å². The number of hydrogen-bond donors (Lipinski definition) is 1. The van der Waals surface area contributed by atoms with E-state index in [0.29, 0.717) is 11.9 Å². The summed E-state index contributed by atoms with van der Waals surface area (Å²) in [6.07, 6.45) is 1.58. The molecule has 0 amide bonds. The third-order valence-corrected chi connectivity index (χ3v) is 4.91. The average Bonchev–Trinajstić information content (AvgIpc) is 2.78. The van der Waals surface area contributed by atoms with Gasteiger partial charge < -0.3 is 4.90 Å². The number of fused-ring (bicyclic) bond motifs is 1. The molecule has 0 saturated carbocycles. The highest BCUT2D eigenvalue weighted by Gasteiger charge is 2.19. The normalized spacial score (nSPS) is 15.1. The molecular formula is C20H28N4O. The van der Waals surface area contributed by atoms with Gasteiger partial charge in [-0.3, -0.25) is 14.7 Å². The van der Waals surface area contributed by atoms with Crippen LogP contribution in [0.3, 0.4) is 0 Å². The summed E-state index contributed by atoms with van der Waals surface area (Å²) in [4.78, 5) is 24.2. The fourth-order valence-corrected chi connectivity index (χ4v) is 3.28. The summed E-state index contributed by atoms with van der Waals surface area (Å²) in [5.41, 5.74) is 4.51. The Morgan fingerprint density at radius 1 is 1.16 bits per heavy atom. The van der Waals surface area contributed by atoms with Gasteiger partial charge >= 0.3 is 0 Å². The molecule has 1 aliphatic rings. The summed E-state index contributed by atoms with van der Waals surface area (Å²) < 4.78 is 0. The van der Waals surface area contributed by atoms with Crippen molar-refractivity contribution in [1.29, 1.82) is 0 Å². The van der Waals surface area contributed by atoms with Crippen LogP contribution in [0, 0.1) is 0 Å². The standard InChI is InChI=1S/C20H28N4O/c1-14(2)16-7-5-15(6-8-16)13-24-11-9-17-18(10-12-24)21-20(23(3)4)22-19(17)25/h5-8,14H,9-13H2,1-4H3,(H,21,22,25). The lowest BCUT2D eigenvalue weighted by atomic mass is 10.0. The molecule has 5 heteroatoms. The van der Waals surface area contributed by atoms with Crippen molar-refractivity contribution in [2.75, 3.05) is 32.1 Å². The maximum absolute atomic E-state index is 12.4. The molecule has 1 aromatic carbocycles. The number of H-pyrrole nitrogens is 1. The van der Waals surface area contributed by atoms with Crippen molar-refractivity contribution in [2.24, 2.45) is 0 Å². The molecule has 0 spiro atoms. The molecule has 5 nitrogen and oxygen atoms in total. The summed E-state index contributed by atoms with van der Waals surface area (Å²) in [7, 11) is 3.79. The zero-order valence-corrected chi connectivity index (χ0v) is 15.7. The van der Waals surface area contributed by atoms with E-state index >= 15 is 0 Å². The molecule has 1 aromatic heterocycles. The van der Waals surface area contributed by atoms with Crippen molar-refractivity contribution < 1.29 is 0 Å². The van der Waals surface area contributed by atoms with E-state index in [4.69, 9.17) is 0 Å². The number of rotatable bonds is 4. The summed E-state index contributed by atoms with van der Waals surface area (Å²) >= 11 is 0. The third-order valence-electron chi connectivity index (χ3n) is 4.91. The molecular weight excluding hydrogens is 312 g/mol. The minimum Gasteiger partial charge on any atom is -0.348 e. The van der Waals surface area contributed by atoms with Crippen LogP contribution in [0.15, 0.2) is 29.1 Å². The Labute approximate surface area is 149 Å². The van der Waals surface area contributed by atoms with E-state index < -0.39 is 0 Å². The summed E-state index contributed by atoms with van der Waals surface area (Å²) in [6, 6.07) is 8.90. The Morgan fingerprint density at radius 2 is 1.84 bits per heavy atom. The van der Waals surface area contributed by atoms with Crippen LogP contribution in [0.1, 0.15) is 42.1 Å². The molecule has 0 unspecified atom stereocenters. The Bertz CT molecular complexity index is 777. The fourth-order valence-electron chi connectivity index (χ4n) is 3.28. The molecule has 0 aliphatic carbocycles. The molecule has 1 aliphatic heterocycles. The quantitative estimate of drug-likeness (QED) is 0.929. The Morgan fingerprint density at radius 3 is 2.48 bits per heavy atom. The van der Waals surface area contributed by atoms with Crippen LogP contribution in [0.4, 0.5) is 5.95 Å². The van der Waals surface area contributed by atoms with Gasteiger partial charge in [0.15, 0.2) is 0 Å². The van der Waals surface area contributed by atoms with Gasteiger partial charge in [-0.2, -0.15) is 0 Å². The predicted molar refractivity (Wildman–Crippen MR) is 102 cm³/mol. The van der Waals surface area contributed by atoms with Gasteiger partial charge in [0.1, 0.15) is 0 Å². The number of benzene rings is 1. The molecule has 0 radical (unpaired) electrons. The average molecular weight is 340 g/mol. The highest BCUT2D eigenvalue weighted by molar-refractivity contribution is 5.32. The number of aromatic amines is 1. The number of aromatic nitrogens is 2. The maximum atomic E-state index is 12.4. The molecule has 1 N–H and O–H groups in total. The first-order chi connectivity index (χ1) is 11.9. The van der Waals surface area contributed by atoms with Gasteiger partial charge in [-0.05, 0) is 23.5 Å². The SMILES string of the molecule is CC(C)c1ccc(CN2CCc3nc(N(C)C)[nH]c(=O)c3CC2)cc1. The second-order valence-electron chi connectivity index (χ2n) is 7.38. The lowest BCUT2D eigenvalue weighted by Crippen LogP contribution is -2.26. The third kappa shape index (κ3) is 4.10. The highest BCUT2D eigenvalue weighted by Crippen LogP contribution is 2.18. The van der Waals surface area contributed by atoms with Crippen LogP contribution in [0.2, 0.25) is 0 Å². The zero-order chi connectivity index (χ0) is 18.0. The van der Waals surface area contributed by atoms with E-state index in [9.17, 15) is 4.79 Å². The molecule has 134 valence electrons. The first-order valence-corrected chi connectivity index (χ1v) is 9.04. The van der Waals surface area contributed by atoms with E-state index in [0.717, 1.165) is 43.7 Å². The lowest BCUT2D eigenvalue weighted by Gasteiger charge is -2.20. The Hall–Kier alpha value is -2.14. The van der Waals surface area contributed by atoms with Gasteiger partial charge in [-0.15, -0.1) is 0 Å². The lowest BCUT2D eigenvalue weighted by molar-refractivity contribution is 0.279. The van der Waals surface area contributed by atoms with Gasteiger partial charge in [0.2, 0.25) is 5.95 Å². The minimum absolute atomic E-state index is 0.0110. The molecule has 0 saturated heterocycles. The molecule has 2 heterocycles.